The van der Waals surface area contributed by atoms with Crippen LogP contribution in [0.1, 0.15) is 27.6 Å². The lowest BCUT2D eigenvalue weighted by molar-refractivity contribution is -0.114. The molecule has 1 N–H and O–H groups in total. The molecule has 15 heavy (non-hydrogen) atoms. The van der Waals surface area contributed by atoms with E-state index in [0.717, 1.165) is 0 Å². The van der Waals surface area contributed by atoms with Crippen LogP contribution in [0.4, 0.5) is 5.69 Å². The lowest BCUT2D eigenvalue weighted by Crippen LogP contribution is -2.09. The number of anilines is 1. The first-order chi connectivity index (χ1) is 7.09. The lowest BCUT2D eigenvalue weighted by Gasteiger charge is -2.03. The van der Waals surface area contributed by atoms with E-state index < -0.39 is 11.9 Å². The number of ether oxygens (including phenoxy) is 1. The molecule has 5 heteroatoms. The molecule has 0 aliphatic carbocycles. The molecular weight excluding hydrogens is 199 g/mol. The van der Waals surface area contributed by atoms with Crippen LogP contribution in [-0.4, -0.2) is 17.8 Å². The number of fused-ring (bicyclic) bond motifs is 1. The predicted octanol–water partition coefficient (Wildman–Crippen LogP) is 0.956. The van der Waals surface area contributed by atoms with Gasteiger partial charge in [0.05, 0.1) is 16.8 Å². The fraction of sp³-hybridized carbons (Fsp3) is 0.100. The summed E-state index contributed by atoms with van der Waals surface area (Å²) in [7, 11) is 0. The molecule has 5 nitrogen and oxygen atoms in total. The summed E-state index contributed by atoms with van der Waals surface area (Å²) in [4.78, 5) is 33.3. The van der Waals surface area contributed by atoms with E-state index in [1.165, 1.54) is 13.0 Å². The summed E-state index contributed by atoms with van der Waals surface area (Å²) >= 11 is 0. The van der Waals surface area contributed by atoms with Crippen molar-refractivity contribution >= 4 is 23.5 Å². The highest BCUT2D eigenvalue weighted by molar-refractivity contribution is 6.18. The summed E-state index contributed by atoms with van der Waals surface area (Å²) in [6.07, 6.45) is 0. The Labute approximate surface area is 85.0 Å². The van der Waals surface area contributed by atoms with Crippen molar-refractivity contribution in [3.8, 4) is 0 Å². The smallest absolute Gasteiger partial charge is 0.349 e. The molecule has 0 bridgehead atoms. The van der Waals surface area contributed by atoms with Crippen LogP contribution in [0.2, 0.25) is 0 Å². The second kappa shape index (κ2) is 3.20. The van der Waals surface area contributed by atoms with Gasteiger partial charge in [-0.15, -0.1) is 0 Å². The summed E-state index contributed by atoms with van der Waals surface area (Å²) in [5, 5.41) is 2.46. The molecule has 1 heterocycles. The zero-order valence-electron chi connectivity index (χ0n) is 7.87. The van der Waals surface area contributed by atoms with Crippen LogP contribution in [0.3, 0.4) is 0 Å². The molecule has 0 aromatic heterocycles. The van der Waals surface area contributed by atoms with Gasteiger partial charge in [-0.25, -0.2) is 9.59 Å². The third-order valence-corrected chi connectivity index (χ3v) is 1.98. The first-order valence-electron chi connectivity index (χ1n) is 4.26. The molecule has 1 amide bonds. The van der Waals surface area contributed by atoms with Gasteiger partial charge in [-0.1, -0.05) is 6.07 Å². The SMILES string of the molecule is CC(=O)[15NH]c1cccc2c1C(=O)OC2=O. The van der Waals surface area contributed by atoms with Gasteiger partial charge in [-0.3, -0.25) is 4.79 Å². The van der Waals surface area contributed by atoms with Crippen molar-refractivity contribution in [2.24, 2.45) is 0 Å². The normalized spacial score (nSPS) is 13.4. The Hall–Kier alpha value is -2.17. The fourth-order valence-corrected chi connectivity index (χ4v) is 1.43. The molecule has 0 spiro atoms. The minimum absolute atomic E-state index is 0.123. The van der Waals surface area contributed by atoms with Crippen molar-refractivity contribution < 1.29 is 19.1 Å². The summed E-state index contributed by atoms with van der Waals surface area (Å²) < 4.78 is 4.42. The number of hydrogen-bond donors (Lipinski definition) is 1. The number of cyclic esters (lactones) is 2. The van der Waals surface area contributed by atoms with Crippen molar-refractivity contribution in [2.75, 3.05) is 5.32 Å². The van der Waals surface area contributed by atoms with Gasteiger partial charge in [-0.2, -0.15) is 0 Å². The van der Waals surface area contributed by atoms with Gasteiger partial charge < -0.3 is 10.1 Å². The molecule has 0 unspecified atom stereocenters. The second-order valence-electron chi connectivity index (χ2n) is 3.09. The second-order valence-corrected chi connectivity index (χ2v) is 3.09. The third kappa shape index (κ3) is 1.48. The topological polar surface area (TPSA) is 72.5 Å². The number of esters is 2. The number of benzene rings is 1. The molecule has 0 atom stereocenters. The van der Waals surface area contributed by atoms with Crippen molar-refractivity contribution in [1.82, 2.24) is 0 Å². The van der Waals surface area contributed by atoms with E-state index in [0.29, 0.717) is 5.69 Å². The van der Waals surface area contributed by atoms with E-state index in [4.69, 9.17) is 0 Å². The van der Waals surface area contributed by atoms with Gasteiger partial charge in [0, 0.05) is 6.92 Å². The highest BCUT2D eigenvalue weighted by Crippen LogP contribution is 2.27. The highest BCUT2D eigenvalue weighted by atomic mass is 16.6. The maximum Gasteiger partial charge on any atom is 0.349 e. The van der Waals surface area contributed by atoms with E-state index in [1.807, 2.05) is 0 Å². The van der Waals surface area contributed by atoms with E-state index in [1.54, 1.807) is 12.1 Å². The van der Waals surface area contributed by atoms with Gasteiger partial charge in [0.15, 0.2) is 0 Å². The highest BCUT2D eigenvalue weighted by Gasteiger charge is 2.32. The number of rotatable bonds is 1. The number of carbonyl (C=O) groups excluding carboxylic acids is 3. The van der Waals surface area contributed by atoms with Crippen LogP contribution in [0, 0.1) is 0 Å². The van der Waals surface area contributed by atoms with Crippen molar-refractivity contribution in [3.05, 3.63) is 29.3 Å². The van der Waals surface area contributed by atoms with Gasteiger partial charge >= 0.3 is 11.9 Å². The standard InChI is InChI=1S/C10H7NO4/c1-5(12)11-7-4-2-3-6-8(7)10(14)15-9(6)13/h2-4H,1H3,(H,11,12)/i11+1. The lowest BCUT2D eigenvalue weighted by atomic mass is 10.1. The minimum Gasteiger partial charge on any atom is -0.386 e. The molecular formula is C10H7NO4. The first kappa shape index (κ1) is 9.39. The van der Waals surface area contributed by atoms with Crippen LogP contribution >= 0.6 is 0 Å². The Bertz CT molecular complexity index is 478. The van der Waals surface area contributed by atoms with E-state index in [2.05, 4.69) is 10.1 Å². The quantitative estimate of drug-likeness (QED) is 0.422. The van der Waals surface area contributed by atoms with Crippen LogP contribution in [0.25, 0.3) is 0 Å². The molecule has 0 fully saturated rings. The number of carbonyl (C=O) groups is 3. The average Bonchev–Trinajstić information content (AvgIpc) is 2.43. The molecule has 1 aliphatic rings. The van der Waals surface area contributed by atoms with Gasteiger partial charge in [-0.05, 0) is 12.1 Å². The maximum absolute atomic E-state index is 11.3. The van der Waals surface area contributed by atoms with Crippen molar-refractivity contribution in [3.63, 3.8) is 0 Å². The number of hydrogen-bond acceptors (Lipinski definition) is 4. The molecule has 1 aliphatic heterocycles. The summed E-state index contributed by atoms with van der Waals surface area (Å²) in [6.45, 7) is 1.32. The zero-order valence-corrected chi connectivity index (χ0v) is 7.87. The third-order valence-electron chi connectivity index (χ3n) is 1.98. The van der Waals surface area contributed by atoms with Crippen molar-refractivity contribution in [2.45, 2.75) is 6.92 Å². The van der Waals surface area contributed by atoms with E-state index in [9.17, 15) is 14.4 Å². The molecule has 2 rings (SSSR count). The van der Waals surface area contributed by atoms with Gasteiger partial charge in [0.1, 0.15) is 0 Å². The maximum atomic E-state index is 11.3. The predicted molar refractivity (Wildman–Crippen MR) is 50.5 cm³/mol. The van der Waals surface area contributed by atoms with Gasteiger partial charge in [0.2, 0.25) is 5.91 Å². The van der Waals surface area contributed by atoms with Crippen LogP contribution in [0.5, 0.6) is 0 Å². The number of amides is 1. The summed E-state index contributed by atoms with van der Waals surface area (Å²) in [5.41, 5.74) is 0.611. The zero-order chi connectivity index (χ0) is 11.0. The van der Waals surface area contributed by atoms with Crippen molar-refractivity contribution in [1.29, 1.82) is 0 Å². The van der Waals surface area contributed by atoms with Crippen LogP contribution < -0.4 is 5.32 Å². The Morgan fingerprint density at radius 2 is 2.00 bits per heavy atom. The monoisotopic (exact) mass is 206 g/mol. The molecule has 0 saturated carbocycles. The molecule has 1 aromatic rings. The molecule has 1 aromatic carbocycles. The Morgan fingerprint density at radius 1 is 1.27 bits per heavy atom. The fourth-order valence-electron chi connectivity index (χ4n) is 1.43. The Kier molecular flexibility index (Phi) is 2.00. The minimum atomic E-state index is -0.723. The molecule has 76 valence electrons. The molecule has 0 radical (unpaired) electrons. The molecule has 0 saturated heterocycles. The van der Waals surface area contributed by atoms with Crippen LogP contribution in [0.15, 0.2) is 18.2 Å². The Balaban J connectivity index is 2.55. The van der Waals surface area contributed by atoms with E-state index in [-0.39, 0.29) is 17.0 Å². The Morgan fingerprint density at radius 3 is 2.67 bits per heavy atom. The summed E-state index contributed by atoms with van der Waals surface area (Å²) in [6, 6.07) is 4.60. The summed E-state index contributed by atoms with van der Waals surface area (Å²) in [5.74, 6) is -1.71. The number of nitrogens with one attached hydrogen (secondary N) is 1. The largest absolute Gasteiger partial charge is 0.386 e. The van der Waals surface area contributed by atoms with Crippen LogP contribution in [-0.2, 0) is 9.53 Å². The average molecular weight is 206 g/mol. The van der Waals surface area contributed by atoms with Gasteiger partial charge in [0.25, 0.3) is 0 Å². The first-order valence-corrected chi connectivity index (χ1v) is 4.26. The van der Waals surface area contributed by atoms with E-state index >= 15 is 0 Å².